The Kier molecular flexibility index (Phi) is 3.00. The van der Waals surface area contributed by atoms with Gasteiger partial charge in [-0.3, -0.25) is 19.2 Å². The van der Waals surface area contributed by atoms with Gasteiger partial charge in [-0.25, -0.2) is 14.8 Å². The van der Waals surface area contributed by atoms with Gasteiger partial charge in [-0.2, -0.15) is 5.10 Å². The zero-order valence-corrected chi connectivity index (χ0v) is 12.3. The molecule has 4 aromatic heterocycles. The normalized spacial score (nSPS) is 11.2. The summed E-state index contributed by atoms with van der Waals surface area (Å²) in [5.74, 6) is 0. The van der Waals surface area contributed by atoms with Crippen molar-refractivity contribution in [3.05, 3.63) is 59.2 Å². The van der Waals surface area contributed by atoms with Crippen LogP contribution < -0.4 is 5.69 Å². The Balaban J connectivity index is 1.78. The van der Waals surface area contributed by atoms with Gasteiger partial charge in [0, 0.05) is 25.0 Å². The highest BCUT2D eigenvalue weighted by molar-refractivity contribution is 5.70. The highest BCUT2D eigenvalue weighted by atomic mass is 16.1. The lowest BCUT2D eigenvalue weighted by Gasteiger charge is -2.02. The number of aromatic nitrogens is 7. The average molecular weight is 307 g/mol. The molecule has 0 amide bonds. The first-order chi connectivity index (χ1) is 11.2. The lowest BCUT2D eigenvalue weighted by molar-refractivity contribution is 0.757. The van der Waals surface area contributed by atoms with E-state index in [4.69, 9.17) is 0 Å². The zero-order chi connectivity index (χ0) is 15.8. The minimum atomic E-state index is -0.256. The third kappa shape index (κ3) is 2.39. The molecule has 0 atom stereocenters. The maximum absolute atomic E-state index is 12.2. The molecule has 4 aromatic rings. The average Bonchev–Trinajstić information content (AvgIpc) is 3.12. The molecular weight excluding hydrogens is 294 g/mol. The van der Waals surface area contributed by atoms with E-state index in [1.165, 1.54) is 4.57 Å². The second-order valence-corrected chi connectivity index (χ2v) is 5.17. The van der Waals surface area contributed by atoms with Crippen molar-refractivity contribution in [1.29, 1.82) is 0 Å². The molecule has 4 rings (SSSR count). The predicted molar refractivity (Wildman–Crippen MR) is 83.7 cm³/mol. The molecule has 0 aromatic carbocycles. The van der Waals surface area contributed by atoms with Gasteiger partial charge in [-0.05, 0) is 12.1 Å². The first-order valence-corrected chi connectivity index (χ1v) is 7.05. The van der Waals surface area contributed by atoms with Crippen molar-refractivity contribution in [2.75, 3.05) is 0 Å². The van der Waals surface area contributed by atoms with E-state index in [1.807, 2.05) is 31.4 Å². The smallest absolute Gasteiger partial charge is 0.289 e. The molecule has 0 aliphatic carbocycles. The summed E-state index contributed by atoms with van der Waals surface area (Å²) in [6, 6.07) is 5.58. The maximum atomic E-state index is 12.2. The number of rotatable bonds is 3. The van der Waals surface area contributed by atoms with Crippen molar-refractivity contribution in [3.63, 3.8) is 0 Å². The van der Waals surface area contributed by atoms with Gasteiger partial charge in [0.2, 0.25) is 0 Å². The van der Waals surface area contributed by atoms with Gasteiger partial charge in [0.1, 0.15) is 0 Å². The quantitative estimate of drug-likeness (QED) is 0.608. The van der Waals surface area contributed by atoms with Crippen molar-refractivity contribution < 1.29 is 0 Å². The van der Waals surface area contributed by atoms with E-state index in [0.717, 1.165) is 11.3 Å². The van der Waals surface area contributed by atoms with Crippen LogP contribution in [0.15, 0.2) is 47.8 Å². The van der Waals surface area contributed by atoms with E-state index < -0.39 is 0 Å². The summed E-state index contributed by atoms with van der Waals surface area (Å²) < 4.78 is 3.22. The predicted octanol–water partition coefficient (Wildman–Crippen LogP) is 0.963. The molecule has 0 spiro atoms. The highest BCUT2D eigenvalue weighted by Crippen LogP contribution is 2.17. The van der Waals surface area contributed by atoms with Crippen LogP contribution in [0.3, 0.4) is 0 Å². The van der Waals surface area contributed by atoms with Gasteiger partial charge in [0.05, 0.1) is 30.3 Å². The SMILES string of the molecule is Cn1cc(-c2cnc3c(n2)[nH]c(=O)n3Cc2ccccn2)cn1. The third-order valence-electron chi connectivity index (χ3n) is 3.53. The number of H-pyrrole nitrogens is 1. The van der Waals surface area contributed by atoms with E-state index in [2.05, 4.69) is 25.0 Å². The van der Waals surface area contributed by atoms with E-state index in [0.29, 0.717) is 23.5 Å². The molecule has 23 heavy (non-hydrogen) atoms. The fraction of sp³-hybridized carbons (Fsp3) is 0.133. The summed E-state index contributed by atoms with van der Waals surface area (Å²) in [5.41, 5.74) is 3.00. The lowest BCUT2D eigenvalue weighted by atomic mass is 10.3. The number of hydrogen-bond acceptors (Lipinski definition) is 5. The fourth-order valence-electron chi connectivity index (χ4n) is 2.42. The van der Waals surface area contributed by atoms with Crippen molar-refractivity contribution in [1.82, 2.24) is 34.3 Å². The minimum Gasteiger partial charge on any atom is -0.289 e. The minimum absolute atomic E-state index is 0.256. The molecule has 0 radical (unpaired) electrons. The molecule has 4 heterocycles. The number of hydrogen-bond donors (Lipinski definition) is 1. The van der Waals surface area contributed by atoms with Crippen LogP contribution in [0.2, 0.25) is 0 Å². The van der Waals surface area contributed by atoms with Crippen LogP contribution in [-0.4, -0.2) is 34.3 Å². The van der Waals surface area contributed by atoms with Gasteiger partial charge in [-0.1, -0.05) is 6.07 Å². The number of pyridine rings is 1. The summed E-state index contributed by atoms with van der Waals surface area (Å²) in [4.78, 5) is 28.0. The van der Waals surface area contributed by atoms with Gasteiger partial charge in [-0.15, -0.1) is 0 Å². The standard InChI is InChI=1S/C15H13N7O/c1-21-8-10(6-18-21)12-7-17-14-13(19-12)20-15(23)22(14)9-11-4-2-3-5-16-11/h2-8H,9H2,1H3,(H,19,20,23). The second-order valence-electron chi connectivity index (χ2n) is 5.17. The van der Waals surface area contributed by atoms with Crippen LogP contribution in [0.5, 0.6) is 0 Å². The number of fused-ring (bicyclic) bond motifs is 1. The maximum Gasteiger partial charge on any atom is 0.329 e. The summed E-state index contributed by atoms with van der Waals surface area (Å²) in [6.45, 7) is 0.348. The Bertz CT molecular complexity index is 1030. The highest BCUT2D eigenvalue weighted by Gasteiger charge is 2.12. The van der Waals surface area contributed by atoms with E-state index in [1.54, 1.807) is 23.3 Å². The van der Waals surface area contributed by atoms with Gasteiger partial charge >= 0.3 is 5.69 Å². The van der Waals surface area contributed by atoms with Crippen molar-refractivity contribution in [3.8, 4) is 11.3 Å². The van der Waals surface area contributed by atoms with Gasteiger partial charge in [0.25, 0.3) is 0 Å². The van der Waals surface area contributed by atoms with Crippen LogP contribution in [0, 0.1) is 0 Å². The van der Waals surface area contributed by atoms with E-state index >= 15 is 0 Å². The first-order valence-electron chi connectivity index (χ1n) is 7.05. The molecule has 0 saturated carbocycles. The van der Waals surface area contributed by atoms with Gasteiger partial charge < -0.3 is 0 Å². The third-order valence-corrected chi connectivity index (χ3v) is 3.53. The molecule has 8 heteroatoms. The monoisotopic (exact) mass is 307 g/mol. The Morgan fingerprint density at radius 3 is 2.87 bits per heavy atom. The topological polar surface area (TPSA) is 94.3 Å². The second kappa shape index (κ2) is 5.16. The zero-order valence-electron chi connectivity index (χ0n) is 12.3. The van der Waals surface area contributed by atoms with Crippen LogP contribution in [-0.2, 0) is 13.6 Å². The number of aryl methyl sites for hydroxylation is 1. The molecule has 114 valence electrons. The van der Waals surface area contributed by atoms with Crippen LogP contribution in [0.1, 0.15) is 5.69 Å². The number of nitrogens with one attached hydrogen (secondary N) is 1. The number of imidazole rings is 1. The van der Waals surface area contributed by atoms with Crippen molar-refractivity contribution in [2.45, 2.75) is 6.54 Å². The summed E-state index contributed by atoms with van der Waals surface area (Å²) >= 11 is 0. The Morgan fingerprint density at radius 2 is 2.13 bits per heavy atom. The van der Waals surface area contributed by atoms with Crippen molar-refractivity contribution in [2.24, 2.45) is 7.05 Å². The Morgan fingerprint density at radius 1 is 1.22 bits per heavy atom. The summed E-state index contributed by atoms with van der Waals surface area (Å²) in [5, 5.41) is 4.12. The summed E-state index contributed by atoms with van der Waals surface area (Å²) in [6.07, 6.45) is 6.89. The number of nitrogens with zero attached hydrogens (tertiary/aromatic N) is 6. The Labute approximate surface area is 130 Å². The molecule has 0 saturated heterocycles. The fourth-order valence-corrected chi connectivity index (χ4v) is 2.42. The van der Waals surface area contributed by atoms with Crippen LogP contribution in [0.25, 0.3) is 22.6 Å². The number of aromatic amines is 1. The molecule has 8 nitrogen and oxygen atoms in total. The van der Waals surface area contributed by atoms with Crippen molar-refractivity contribution >= 4 is 11.3 Å². The molecule has 0 fully saturated rings. The molecule has 1 N–H and O–H groups in total. The van der Waals surface area contributed by atoms with Gasteiger partial charge in [0.15, 0.2) is 11.3 Å². The molecule has 0 bridgehead atoms. The van der Waals surface area contributed by atoms with E-state index in [-0.39, 0.29) is 5.69 Å². The summed E-state index contributed by atoms with van der Waals surface area (Å²) in [7, 11) is 1.83. The van der Waals surface area contributed by atoms with E-state index in [9.17, 15) is 4.79 Å². The lowest BCUT2D eigenvalue weighted by Crippen LogP contribution is -2.18. The molecular formula is C15H13N7O. The molecule has 0 aliphatic rings. The molecule has 0 aliphatic heterocycles. The Hall–Kier alpha value is -3.29. The molecule has 0 unspecified atom stereocenters. The first kappa shape index (κ1) is 13.4. The van der Waals surface area contributed by atoms with Crippen LogP contribution >= 0.6 is 0 Å². The van der Waals surface area contributed by atoms with Crippen LogP contribution in [0.4, 0.5) is 0 Å². The largest absolute Gasteiger partial charge is 0.329 e.